The average molecular weight is 323 g/mol. The number of methoxy groups -OCH3 is 1. The van der Waals surface area contributed by atoms with Crippen molar-refractivity contribution in [3.05, 3.63) is 48.2 Å². The highest BCUT2D eigenvalue weighted by atomic mass is 32.2. The van der Waals surface area contributed by atoms with E-state index in [4.69, 9.17) is 0 Å². The lowest BCUT2D eigenvalue weighted by Gasteiger charge is -2.04. The normalized spacial score (nSPS) is 11.1. The van der Waals surface area contributed by atoms with E-state index >= 15 is 0 Å². The quantitative estimate of drug-likeness (QED) is 0.805. The Morgan fingerprint density at radius 3 is 2.43 bits per heavy atom. The first-order chi connectivity index (χ1) is 9.90. The lowest BCUT2D eigenvalue weighted by molar-refractivity contribution is 0.0600. The molecular formula is C14H13NO4S2. The molecule has 0 amide bonds. The molecular weight excluding hydrogens is 310 g/mol. The van der Waals surface area contributed by atoms with Gasteiger partial charge in [-0.3, -0.25) is 0 Å². The predicted molar refractivity (Wildman–Crippen MR) is 79.3 cm³/mol. The van der Waals surface area contributed by atoms with Crippen LogP contribution in [0, 0.1) is 0 Å². The minimum Gasteiger partial charge on any atom is -0.465 e. The van der Waals surface area contributed by atoms with Crippen molar-refractivity contribution in [1.29, 1.82) is 0 Å². The van der Waals surface area contributed by atoms with Gasteiger partial charge in [-0.2, -0.15) is 0 Å². The Morgan fingerprint density at radius 1 is 1.19 bits per heavy atom. The van der Waals surface area contributed by atoms with E-state index in [2.05, 4.69) is 9.72 Å². The van der Waals surface area contributed by atoms with Crippen LogP contribution in [0.2, 0.25) is 0 Å². The molecule has 1 aromatic heterocycles. The van der Waals surface area contributed by atoms with Crippen molar-refractivity contribution in [2.75, 3.05) is 13.4 Å². The number of sulfone groups is 1. The van der Waals surface area contributed by atoms with E-state index in [1.165, 1.54) is 25.1 Å². The Kier molecular flexibility index (Phi) is 4.64. The summed E-state index contributed by atoms with van der Waals surface area (Å²) in [6, 6.07) is 9.69. The molecule has 7 heteroatoms. The predicted octanol–water partition coefficient (Wildman–Crippen LogP) is 2.42. The molecule has 0 N–H and O–H groups in total. The molecule has 1 aromatic carbocycles. The van der Waals surface area contributed by atoms with Gasteiger partial charge in [-0.05, 0) is 36.4 Å². The molecule has 5 nitrogen and oxygen atoms in total. The Hall–Kier alpha value is -1.86. The van der Waals surface area contributed by atoms with Crippen LogP contribution in [0.4, 0.5) is 0 Å². The number of hydrogen-bond acceptors (Lipinski definition) is 6. The molecule has 0 radical (unpaired) electrons. The maximum atomic E-state index is 11.4. The van der Waals surface area contributed by atoms with E-state index in [1.54, 1.807) is 36.4 Å². The fourth-order valence-electron chi connectivity index (χ4n) is 1.59. The summed E-state index contributed by atoms with van der Waals surface area (Å²) in [5.74, 6) is -0.424. The van der Waals surface area contributed by atoms with Crippen molar-refractivity contribution in [2.24, 2.45) is 0 Å². The van der Waals surface area contributed by atoms with E-state index in [1.807, 2.05) is 0 Å². The number of hydrogen-bond donors (Lipinski definition) is 0. The molecule has 0 spiro atoms. The molecule has 0 saturated carbocycles. The molecule has 0 aliphatic rings. The van der Waals surface area contributed by atoms with Crippen LogP contribution in [-0.4, -0.2) is 32.7 Å². The number of esters is 1. The molecule has 2 rings (SSSR count). The summed E-state index contributed by atoms with van der Waals surface area (Å²) in [5.41, 5.74) is 0.419. The van der Waals surface area contributed by atoms with Gasteiger partial charge in [0, 0.05) is 17.3 Å². The first-order valence-electron chi connectivity index (χ1n) is 5.92. The van der Waals surface area contributed by atoms with Crippen LogP contribution in [0.3, 0.4) is 0 Å². The molecule has 0 bridgehead atoms. The van der Waals surface area contributed by atoms with E-state index in [0.717, 1.165) is 11.2 Å². The van der Waals surface area contributed by atoms with E-state index in [9.17, 15) is 13.2 Å². The van der Waals surface area contributed by atoms with Gasteiger partial charge in [-0.25, -0.2) is 18.2 Å². The summed E-state index contributed by atoms with van der Waals surface area (Å²) >= 11 is 1.34. The minimum absolute atomic E-state index is 0.267. The molecule has 2 aromatic rings. The maximum Gasteiger partial charge on any atom is 0.337 e. The van der Waals surface area contributed by atoms with Gasteiger partial charge in [0.05, 0.1) is 17.6 Å². The van der Waals surface area contributed by atoms with Crippen molar-refractivity contribution in [3.8, 4) is 0 Å². The van der Waals surface area contributed by atoms with Gasteiger partial charge in [0.25, 0.3) is 0 Å². The molecule has 0 unspecified atom stereocenters. The third-order valence-electron chi connectivity index (χ3n) is 2.63. The molecule has 0 atom stereocenters. The molecule has 0 saturated heterocycles. The summed E-state index contributed by atoms with van der Waals surface area (Å²) in [7, 11) is -1.88. The lowest BCUT2D eigenvalue weighted by atomic mass is 10.3. The number of carbonyl (C=O) groups excluding carboxylic acids is 1. The van der Waals surface area contributed by atoms with Crippen LogP contribution in [0.25, 0.3) is 0 Å². The molecule has 110 valence electrons. The molecule has 21 heavy (non-hydrogen) atoms. The largest absolute Gasteiger partial charge is 0.465 e. The van der Waals surface area contributed by atoms with Crippen LogP contribution in [0.15, 0.2) is 57.4 Å². The molecule has 0 aliphatic carbocycles. The van der Waals surface area contributed by atoms with Crippen LogP contribution in [0.5, 0.6) is 0 Å². The topological polar surface area (TPSA) is 73.3 Å². The maximum absolute atomic E-state index is 11.4. The fraction of sp³-hybridized carbons (Fsp3) is 0.143. The summed E-state index contributed by atoms with van der Waals surface area (Å²) in [6.45, 7) is 0. The zero-order valence-electron chi connectivity index (χ0n) is 11.4. The first kappa shape index (κ1) is 15.5. The second kappa shape index (κ2) is 6.28. The smallest absolute Gasteiger partial charge is 0.337 e. The monoisotopic (exact) mass is 323 g/mol. The van der Waals surface area contributed by atoms with Gasteiger partial charge < -0.3 is 4.74 Å². The van der Waals surface area contributed by atoms with Crippen LogP contribution in [-0.2, 0) is 14.6 Å². The summed E-state index contributed by atoms with van der Waals surface area (Å²) in [6.07, 6.45) is 2.69. The Bertz CT molecular complexity index is 755. The number of aromatic nitrogens is 1. The SMILES string of the molecule is COC(=O)c1ccnc(Sc2ccc(S(C)(=O)=O)cc2)c1. The van der Waals surface area contributed by atoms with E-state index < -0.39 is 15.8 Å². The van der Waals surface area contributed by atoms with Gasteiger partial charge in [-0.1, -0.05) is 11.8 Å². The highest BCUT2D eigenvalue weighted by Gasteiger charge is 2.09. The van der Waals surface area contributed by atoms with Crippen molar-refractivity contribution in [2.45, 2.75) is 14.8 Å². The van der Waals surface area contributed by atoms with Gasteiger partial charge >= 0.3 is 5.97 Å². The molecule has 0 aliphatic heterocycles. The second-order valence-corrected chi connectivity index (χ2v) is 7.33. The minimum atomic E-state index is -3.20. The Morgan fingerprint density at radius 2 is 1.86 bits per heavy atom. The third-order valence-corrected chi connectivity index (χ3v) is 4.70. The van der Waals surface area contributed by atoms with Crippen LogP contribution >= 0.6 is 11.8 Å². The number of nitrogens with zero attached hydrogens (tertiary/aromatic N) is 1. The molecule has 1 heterocycles. The standard InChI is InChI=1S/C14H13NO4S2/c1-19-14(16)10-7-8-15-13(9-10)20-11-3-5-12(6-4-11)21(2,17)18/h3-9H,1-2H3. The van der Waals surface area contributed by atoms with Crippen molar-refractivity contribution in [1.82, 2.24) is 4.98 Å². The number of pyridine rings is 1. The number of rotatable bonds is 4. The van der Waals surface area contributed by atoms with Gasteiger partial charge in [0.1, 0.15) is 5.03 Å². The Balaban J connectivity index is 2.20. The van der Waals surface area contributed by atoms with E-state index in [0.29, 0.717) is 10.6 Å². The zero-order valence-corrected chi connectivity index (χ0v) is 13.1. The molecule has 0 fully saturated rings. The summed E-state index contributed by atoms with van der Waals surface area (Å²) in [4.78, 5) is 16.7. The van der Waals surface area contributed by atoms with Crippen LogP contribution < -0.4 is 0 Å². The van der Waals surface area contributed by atoms with Gasteiger partial charge in [0.2, 0.25) is 0 Å². The zero-order chi connectivity index (χ0) is 15.5. The lowest BCUT2D eigenvalue weighted by Crippen LogP contribution is -2.01. The number of carbonyl (C=O) groups is 1. The summed E-state index contributed by atoms with van der Waals surface area (Å²) < 4.78 is 27.4. The Labute approximate surface area is 127 Å². The number of benzene rings is 1. The van der Waals surface area contributed by atoms with Gasteiger partial charge in [0.15, 0.2) is 9.84 Å². The third kappa shape index (κ3) is 4.05. The fourth-order valence-corrected chi connectivity index (χ4v) is 3.03. The highest BCUT2D eigenvalue weighted by molar-refractivity contribution is 7.99. The van der Waals surface area contributed by atoms with Crippen molar-refractivity contribution >= 4 is 27.6 Å². The van der Waals surface area contributed by atoms with E-state index in [-0.39, 0.29) is 4.90 Å². The first-order valence-corrected chi connectivity index (χ1v) is 8.63. The highest BCUT2D eigenvalue weighted by Crippen LogP contribution is 2.27. The number of ether oxygens (including phenoxy) is 1. The average Bonchev–Trinajstić information content (AvgIpc) is 2.46. The van der Waals surface area contributed by atoms with Crippen LogP contribution in [0.1, 0.15) is 10.4 Å². The van der Waals surface area contributed by atoms with Gasteiger partial charge in [-0.15, -0.1) is 0 Å². The second-order valence-electron chi connectivity index (χ2n) is 4.22. The van der Waals surface area contributed by atoms with Crippen molar-refractivity contribution in [3.63, 3.8) is 0 Å². The van der Waals surface area contributed by atoms with Crippen molar-refractivity contribution < 1.29 is 17.9 Å². The summed E-state index contributed by atoms with van der Waals surface area (Å²) in [5, 5.41) is 0.630.